The second kappa shape index (κ2) is 8.94. The fraction of sp³-hybridized carbons (Fsp3) is 0.300. The van der Waals surface area contributed by atoms with Crippen LogP contribution in [0, 0.1) is 0 Å². The van der Waals surface area contributed by atoms with Crippen molar-refractivity contribution < 1.29 is 9.90 Å². The van der Waals surface area contributed by atoms with Crippen LogP contribution in [0.2, 0.25) is 0 Å². The molecule has 1 aromatic heterocycles. The van der Waals surface area contributed by atoms with Crippen molar-refractivity contribution in [1.29, 1.82) is 0 Å². The van der Waals surface area contributed by atoms with E-state index in [1.54, 1.807) is 9.47 Å². The third-order valence-corrected chi connectivity index (χ3v) is 7.96. The molecule has 6 rings (SSSR count). The van der Waals surface area contributed by atoms with Crippen LogP contribution < -0.4 is 5.56 Å². The zero-order chi connectivity index (χ0) is 24.7. The van der Waals surface area contributed by atoms with Crippen LogP contribution >= 0.6 is 0 Å². The van der Waals surface area contributed by atoms with Crippen molar-refractivity contribution in [1.82, 2.24) is 14.5 Å². The summed E-state index contributed by atoms with van der Waals surface area (Å²) in [5.74, 6) is -0.281. The molecule has 4 aromatic rings. The van der Waals surface area contributed by atoms with Crippen molar-refractivity contribution in [3.05, 3.63) is 106 Å². The topological polar surface area (TPSA) is 75.4 Å². The first-order valence-electron chi connectivity index (χ1n) is 12.7. The molecule has 0 radical (unpaired) electrons. The van der Waals surface area contributed by atoms with Crippen LogP contribution in [0.1, 0.15) is 53.1 Å². The Morgan fingerprint density at radius 1 is 0.861 bits per heavy atom. The summed E-state index contributed by atoms with van der Waals surface area (Å²) in [5.41, 5.74) is 1.47. The summed E-state index contributed by atoms with van der Waals surface area (Å²) in [4.78, 5) is 32.3. The summed E-state index contributed by atoms with van der Waals surface area (Å²) in [6.07, 6.45) is 4.79. The molecule has 0 atom stereocenters. The Kier molecular flexibility index (Phi) is 5.59. The van der Waals surface area contributed by atoms with Gasteiger partial charge in [-0.25, -0.2) is 0 Å². The molecule has 2 aliphatic rings. The number of nitrogens with zero attached hydrogens (tertiary/aromatic N) is 3. The molecule has 0 saturated heterocycles. The van der Waals surface area contributed by atoms with Crippen LogP contribution in [0.15, 0.2) is 77.6 Å². The van der Waals surface area contributed by atoms with Crippen LogP contribution in [0.25, 0.3) is 10.8 Å². The highest BCUT2D eigenvalue weighted by atomic mass is 16.3. The molecule has 0 unspecified atom stereocenters. The van der Waals surface area contributed by atoms with Crippen LogP contribution in [0.5, 0.6) is 5.75 Å². The fourth-order valence-electron chi connectivity index (χ4n) is 6.19. The Labute approximate surface area is 209 Å². The molecule has 0 spiro atoms. The largest absolute Gasteiger partial charge is 0.501 e. The molecule has 1 aliphatic heterocycles. The van der Waals surface area contributed by atoms with Gasteiger partial charge in [-0.1, -0.05) is 85.6 Å². The minimum atomic E-state index is -0.725. The second-order valence-corrected chi connectivity index (χ2v) is 10.1. The van der Waals surface area contributed by atoms with Gasteiger partial charge in [-0.3, -0.25) is 9.59 Å². The normalized spacial score (nSPS) is 16.9. The highest BCUT2D eigenvalue weighted by Crippen LogP contribution is 2.46. The molecule has 1 saturated carbocycles. The predicted octanol–water partition coefficient (Wildman–Crippen LogP) is 4.81. The molecular weight excluding hydrogens is 450 g/mol. The molecule has 6 heteroatoms. The van der Waals surface area contributed by atoms with Crippen LogP contribution in [0.4, 0.5) is 0 Å². The molecule has 1 aliphatic carbocycles. The Balaban J connectivity index is 1.41. The van der Waals surface area contributed by atoms with Crippen molar-refractivity contribution in [2.75, 3.05) is 6.54 Å². The van der Waals surface area contributed by atoms with E-state index < -0.39 is 11.3 Å². The van der Waals surface area contributed by atoms with E-state index in [1.165, 1.54) is 16.3 Å². The number of fused-ring (bicyclic) bond motifs is 2. The van der Waals surface area contributed by atoms with Crippen molar-refractivity contribution in [3.63, 3.8) is 0 Å². The summed E-state index contributed by atoms with van der Waals surface area (Å²) < 4.78 is 1.80. The summed E-state index contributed by atoms with van der Waals surface area (Å²) in [7, 11) is 0. The van der Waals surface area contributed by atoms with Gasteiger partial charge >= 0.3 is 5.56 Å². The number of benzene rings is 3. The van der Waals surface area contributed by atoms with E-state index in [0.717, 1.165) is 31.2 Å². The first kappa shape index (κ1) is 22.5. The third-order valence-electron chi connectivity index (χ3n) is 7.96. The molecule has 1 fully saturated rings. The van der Waals surface area contributed by atoms with Crippen LogP contribution in [-0.2, 0) is 24.9 Å². The smallest absolute Gasteiger partial charge is 0.315 e. The summed E-state index contributed by atoms with van der Waals surface area (Å²) >= 11 is 0. The van der Waals surface area contributed by atoms with Gasteiger partial charge in [0.25, 0.3) is 5.91 Å². The number of carbonyl (C=O) groups excluding carboxylic acids is 1. The average molecular weight is 480 g/mol. The van der Waals surface area contributed by atoms with Gasteiger partial charge in [-0.2, -0.15) is 4.98 Å². The second-order valence-electron chi connectivity index (χ2n) is 10.1. The highest BCUT2D eigenvalue weighted by Gasteiger charge is 2.40. The minimum Gasteiger partial charge on any atom is -0.501 e. The van der Waals surface area contributed by atoms with Crippen LogP contribution in [0.3, 0.4) is 0 Å². The van der Waals surface area contributed by atoms with Gasteiger partial charge in [0.15, 0.2) is 5.69 Å². The summed E-state index contributed by atoms with van der Waals surface area (Å²) in [6.45, 7) is 1.43. The minimum absolute atomic E-state index is 0.0678. The molecular formula is C30H29N3O3. The summed E-state index contributed by atoms with van der Waals surface area (Å²) in [5, 5.41) is 13.1. The third kappa shape index (κ3) is 3.77. The number of amides is 1. The van der Waals surface area contributed by atoms with Gasteiger partial charge in [0.05, 0.1) is 0 Å². The monoisotopic (exact) mass is 479 g/mol. The van der Waals surface area contributed by atoms with E-state index in [1.807, 2.05) is 30.3 Å². The van der Waals surface area contributed by atoms with Crippen molar-refractivity contribution >= 4 is 16.7 Å². The maximum Gasteiger partial charge on any atom is 0.315 e. The van der Waals surface area contributed by atoms with Gasteiger partial charge in [0, 0.05) is 31.5 Å². The zero-order valence-corrected chi connectivity index (χ0v) is 20.2. The highest BCUT2D eigenvalue weighted by molar-refractivity contribution is 5.95. The molecule has 3 aromatic carbocycles. The molecule has 1 N–H and O–H groups in total. The lowest BCUT2D eigenvalue weighted by molar-refractivity contribution is 0.0678. The SMILES string of the molecule is O=C1c2c(O)c(=O)nc(CC3(c4cccc5ccccc45)CCCC3)n2CCN1Cc1ccccc1. The average Bonchev–Trinajstić information content (AvgIpc) is 3.38. The lowest BCUT2D eigenvalue weighted by Gasteiger charge is -2.35. The number of aromatic hydroxyl groups is 1. The van der Waals surface area contributed by atoms with E-state index in [-0.39, 0.29) is 17.0 Å². The molecule has 1 amide bonds. The van der Waals surface area contributed by atoms with Gasteiger partial charge < -0.3 is 14.6 Å². The van der Waals surface area contributed by atoms with Crippen LogP contribution in [-0.4, -0.2) is 32.0 Å². The Morgan fingerprint density at radius 2 is 1.58 bits per heavy atom. The number of hydrogen-bond acceptors (Lipinski definition) is 4. The van der Waals surface area contributed by atoms with Gasteiger partial charge in [0.1, 0.15) is 5.82 Å². The standard InChI is InChI=1S/C30H29N3O3/c34-27-26-29(36)32(20-21-9-2-1-3-10-21)17-18-33(26)25(31-28(27)35)19-30(15-6-7-16-30)24-14-8-12-22-11-4-5-13-23(22)24/h1-5,8-14,34H,6-7,15-20H2. The van der Waals surface area contributed by atoms with E-state index in [0.29, 0.717) is 31.9 Å². The van der Waals surface area contributed by atoms with E-state index in [2.05, 4.69) is 47.4 Å². The van der Waals surface area contributed by atoms with E-state index in [9.17, 15) is 14.7 Å². The van der Waals surface area contributed by atoms with Crippen molar-refractivity contribution in [2.45, 2.75) is 50.6 Å². The van der Waals surface area contributed by atoms with Crippen molar-refractivity contribution in [2.24, 2.45) is 0 Å². The van der Waals surface area contributed by atoms with E-state index in [4.69, 9.17) is 0 Å². The zero-order valence-electron chi connectivity index (χ0n) is 20.2. The quantitative estimate of drug-likeness (QED) is 0.446. The Bertz CT molecular complexity index is 1500. The molecule has 0 bridgehead atoms. The predicted molar refractivity (Wildman–Crippen MR) is 139 cm³/mol. The number of rotatable bonds is 5. The van der Waals surface area contributed by atoms with Gasteiger partial charge in [-0.15, -0.1) is 0 Å². The molecule has 36 heavy (non-hydrogen) atoms. The first-order chi connectivity index (χ1) is 17.6. The fourth-order valence-corrected chi connectivity index (χ4v) is 6.19. The van der Waals surface area contributed by atoms with Gasteiger partial charge in [0.2, 0.25) is 5.75 Å². The number of hydrogen-bond donors (Lipinski definition) is 1. The maximum absolute atomic E-state index is 13.5. The Hall–Kier alpha value is -3.93. The summed E-state index contributed by atoms with van der Waals surface area (Å²) in [6, 6.07) is 24.6. The maximum atomic E-state index is 13.5. The number of aromatic nitrogens is 2. The van der Waals surface area contributed by atoms with Crippen molar-refractivity contribution in [3.8, 4) is 5.75 Å². The Morgan fingerprint density at radius 3 is 2.39 bits per heavy atom. The lowest BCUT2D eigenvalue weighted by atomic mass is 9.74. The molecule has 2 heterocycles. The van der Waals surface area contributed by atoms with E-state index >= 15 is 0 Å². The lowest BCUT2D eigenvalue weighted by Crippen LogP contribution is -2.43. The number of carbonyl (C=O) groups is 1. The first-order valence-corrected chi connectivity index (χ1v) is 12.7. The van der Waals surface area contributed by atoms with Gasteiger partial charge in [-0.05, 0) is 34.7 Å². The molecule has 6 nitrogen and oxygen atoms in total. The molecule has 182 valence electrons.